The Morgan fingerprint density at radius 1 is 0.395 bits per heavy atom. The summed E-state index contributed by atoms with van der Waals surface area (Å²) in [7, 11) is 0. The van der Waals surface area contributed by atoms with Crippen LogP contribution in [0.2, 0.25) is 0 Å². The van der Waals surface area contributed by atoms with Crippen molar-refractivity contribution in [3.8, 4) is 51.4 Å². The van der Waals surface area contributed by atoms with Crippen molar-refractivity contribution in [3.05, 3.63) is 144 Å². The number of hydrogen-bond acceptors (Lipinski definition) is 6. The fourth-order valence-electron chi connectivity index (χ4n) is 5.54. The molecule has 0 radical (unpaired) electrons. The first-order chi connectivity index (χ1) is 21.0. The summed E-state index contributed by atoms with van der Waals surface area (Å²) in [4.78, 5) is 12.9. The highest BCUT2D eigenvalue weighted by molar-refractivity contribution is 5.62. The number of benzene rings is 3. The molecule has 0 fully saturated rings. The quantitative estimate of drug-likeness (QED) is 0.167. The molecule has 43 heavy (non-hydrogen) atoms. The van der Waals surface area contributed by atoms with Crippen LogP contribution >= 0.6 is 0 Å². The summed E-state index contributed by atoms with van der Waals surface area (Å²) >= 11 is 0. The lowest BCUT2D eigenvalue weighted by molar-refractivity contribution is 0.453. The molecule has 6 heteroatoms. The standard InChI is InChI=1S/C37H31N3O3/c41-35-16-4-13-32(38-35)29-10-1-7-25(22-29)19-28(20-26-8-2-11-30(23-26)33-14-5-17-36(42)39-33)21-27-9-3-12-31(24-27)34-15-6-18-37(43)40-34/h1-18,22-24,28H,19-21H2,(H,38,41)(H,39,42)(H,40,43). The molecule has 6 rings (SSSR count). The van der Waals surface area contributed by atoms with Gasteiger partial charge in [0.05, 0.1) is 17.1 Å². The number of aromatic hydroxyl groups is 3. The Balaban J connectivity index is 1.31. The third kappa shape index (κ3) is 7.05. The molecule has 212 valence electrons. The lowest BCUT2D eigenvalue weighted by atomic mass is 9.86. The van der Waals surface area contributed by atoms with Gasteiger partial charge in [-0.2, -0.15) is 0 Å². The minimum atomic E-state index is 0.00277. The highest BCUT2D eigenvalue weighted by atomic mass is 16.3. The summed E-state index contributed by atoms with van der Waals surface area (Å²) in [6, 6.07) is 40.8. The van der Waals surface area contributed by atoms with Crippen LogP contribution in [0.1, 0.15) is 16.7 Å². The Morgan fingerprint density at radius 2 is 0.698 bits per heavy atom. The lowest BCUT2D eigenvalue weighted by Gasteiger charge is -2.19. The molecule has 0 aliphatic carbocycles. The van der Waals surface area contributed by atoms with Crippen molar-refractivity contribution in [1.82, 2.24) is 15.0 Å². The molecule has 0 spiro atoms. The van der Waals surface area contributed by atoms with E-state index in [2.05, 4.69) is 51.4 Å². The maximum Gasteiger partial charge on any atom is 0.211 e. The topological polar surface area (TPSA) is 99.4 Å². The van der Waals surface area contributed by atoms with Crippen LogP contribution in [0.15, 0.2) is 127 Å². The Labute approximate surface area is 250 Å². The number of pyridine rings is 3. The molecule has 0 atom stereocenters. The molecule has 0 amide bonds. The monoisotopic (exact) mass is 565 g/mol. The van der Waals surface area contributed by atoms with Crippen LogP contribution in [-0.2, 0) is 19.3 Å². The van der Waals surface area contributed by atoms with Crippen molar-refractivity contribution in [2.45, 2.75) is 19.3 Å². The summed E-state index contributed by atoms with van der Waals surface area (Å²) in [5, 5.41) is 29.7. The van der Waals surface area contributed by atoms with Crippen molar-refractivity contribution in [2.75, 3.05) is 0 Å². The largest absolute Gasteiger partial charge is 0.493 e. The molecule has 0 aliphatic heterocycles. The first kappa shape index (κ1) is 27.7. The van der Waals surface area contributed by atoms with Crippen molar-refractivity contribution < 1.29 is 15.3 Å². The average Bonchev–Trinajstić information content (AvgIpc) is 3.01. The second-order valence-corrected chi connectivity index (χ2v) is 10.7. The van der Waals surface area contributed by atoms with E-state index in [0.717, 1.165) is 53.0 Å². The molecule has 3 aromatic heterocycles. The van der Waals surface area contributed by atoms with E-state index in [-0.39, 0.29) is 23.6 Å². The molecule has 3 heterocycles. The minimum absolute atomic E-state index is 0.00277. The molecular weight excluding hydrogens is 534 g/mol. The SMILES string of the molecule is Oc1cccc(-c2cccc(CC(Cc3cccc(-c4cccc(O)n4)c3)Cc3cccc(-c4cccc(O)n4)c3)c2)n1. The zero-order chi connectivity index (χ0) is 29.6. The van der Waals surface area contributed by atoms with Gasteiger partial charge in [0.1, 0.15) is 0 Å². The van der Waals surface area contributed by atoms with Gasteiger partial charge < -0.3 is 15.3 Å². The zero-order valence-electron chi connectivity index (χ0n) is 23.5. The fourth-order valence-corrected chi connectivity index (χ4v) is 5.54. The number of rotatable bonds is 9. The molecule has 0 saturated carbocycles. The zero-order valence-corrected chi connectivity index (χ0v) is 23.5. The van der Waals surface area contributed by atoms with Crippen LogP contribution in [-0.4, -0.2) is 30.3 Å². The molecule has 0 unspecified atom stereocenters. The Hall–Kier alpha value is -5.49. The predicted molar refractivity (Wildman–Crippen MR) is 169 cm³/mol. The summed E-state index contributed by atoms with van der Waals surface area (Å²) < 4.78 is 0. The van der Waals surface area contributed by atoms with E-state index < -0.39 is 0 Å². The average molecular weight is 566 g/mol. The van der Waals surface area contributed by atoms with Crippen LogP contribution in [0.5, 0.6) is 17.6 Å². The molecule has 6 nitrogen and oxygen atoms in total. The van der Waals surface area contributed by atoms with Crippen LogP contribution in [0.3, 0.4) is 0 Å². The first-order valence-electron chi connectivity index (χ1n) is 14.2. The maximum atomic E-state index is 9.91. The fraction of sp³-hybridized carbons (Fsp3) is 0.108. The summed E-state index contributed by atoms with van der Waals surface area (Å²) in [6.45, 7) is 0. The molecule has 3 aromatic carbocycles. The first-order valence-corrected chi connectivity index (χ1v) is 14.2. The Morgan fingerprint density at radius 3 is 1.00 bits per heavy atom. The van der Waals surface area contributed by atoms with Gasteiger partial charge in [0, 0.05) is 34.9 Å². The maximum absolute atomic E-state index is 9.91. The molecule has 3 N–H and O–H groups in total. The highest BCUT2D eigenvalue weighted by Gasteiger charge is 2.15. The predicted octanol–water partition coefficient (Wildman–Crippen LogP) is 7.63. The number of hydrogen-bond donors (Lipinski definition) is 3. The summed E-state index contributed by atoms with van der Waals surface area (Å²) in [5.74, 6) is 0.265. The molecule has 0 saturated heterocycles. The van der Waals surface area contributed by atoms with E-state index in [4.69, 9.17) is 0 Å². The van der Waals surface area contributed by atoms with Crippen molar-refractivity contribution >= 4 is 0 Å². The van der Waals surface area contributed by atoms with Crippen LogP contribution in [0.25, 0.3) is 33.8 Å². The van der Waals surface area contributed by atoms with Crippen molar-refractivity contribution in [3.63, 3.8) is 0 Å². The molecule has 0 bridgehead atoms. The van der Waals surface area contributed by atoms with Crippen molar-refractivity contribution in [1.29, 1.82) is 0 Å². The lowest BCUT2D eigenvalue weighted by Crippen LogP contribution is -2.12. The molecule has 0 aliphatic rings. The summed E-state index contributed by atoms with van der Waals surface area (Å²) in [5.41, 5.74) is 8.63. The van der Waals surface area contributed by atoms with Gasteiger partial charge in [0.25, 0.3) is 0 Å². The third-order valence-corrected chi connectivity index (χ3v) is 7.44. The van der Waals surface area contributed by atoms with Gasteiger partial charge in [0.15, 0.2) is 0 Å². The third-order valence-electron chi connectivity index (χ3n) is 7.44. The minimum Gasteiger partial charge on any atom is -0.493 e. The normalized spacial score (nSPS) is 11.1. The van der Waals surface area contributed by atoms with E-state index >= 15 is 0 Å². The summed E-state index contributed by atoms with van der Waals surface area (Å²) in [6.07, 6.45) is 2.49. The molecular formula is C37H31N3O3. The smallest absolute Gasteiger partial charge is 0.211 e. The number of aromatic nitrogens is 3. The van der Waals surface area contributed by atoms with Gasteiger partial charge in [-0.15, -0.1) is 0 Å². The van der Waals surface area contributed by atoms with E-state index in [1.54, 1.807) is 36.4 Å². The van der Waals surface area contributed by atoms with Crippen LogP contribution in [0.4, 0.5) is 0 Å². The van der Waals surface area contributed by atoms with Crippen LogP contribution in [0, 0.1) is 5.92 Å². The Bertz CT molecular complexity index is 1650. The van der Waals surface area contributed by atoms with E-state index in [1.165, 1.54) is 16.7 Å². The van der Waals surface area contributed by atoms with Gasteiger partial charge in [-0.05, 0) is 78.3 Å². The van der Waals surface area contributed by atoms with Gasteiger partial charge in [-0.25, -0.2) is 15.0 Å². The van der Waals surface area contributed by atoms with Gasteiger partial charge in [0.2, 0.25) is 17.6 Å². The second kappa shape index (κ2) is 12.6. The number of nitrogens with zero attached hydrogens (tertiary/aromatic N) is 3. The molecule has 6 aromatic rings. The van der Waals surface area contributed by atoms with Gasteiger partial charge in [-0.3, -0.25) is 0 Å². The van der Waals surface area contributed by atoms with Gasteiger partial charge >= 0.3 is 0 Å². The second-order valence-electron chi connectivity index (χ2n) is 10.7. The van der Waals surface area contributed by atoms with Gasteiger partial charge in [-0.1, -0.05) is 72.8 Å². The van der Waals surface area contributed by atoms with E-state index in [1.807, 2.05) is 54.6 Å². The highest BCUT2D eigenvalue weighted by Crippen LogP contribution is 2.28. The van der Waals surface area contributed by atoms with Crippen LogP contribution < -0.4 is 0 Å². The van der Waals surface area contributed by atoms with E-state index in [0.29, 0.717) is 0 Å². The Kier molecular flexibility index (Phi) is 8.09. The van der Waals surface area contributed by atoms with E-state index in [9.17, 15) is 15.3 Å². The van der Waals surface area contributed by atoms with Crippen molar-refractivity contribution in [2.24, 2.45) is 5.92 Å².